The minimum atomic E-state index is 1.09. The number of benzene rings is 10. The van der Waals surface area contributed by atoms with Crippen LogP contribution in [0.1, 0.15) is 0 Å². The Morgan fingerprint density at radius 3 is 1.48 bits per heavy atom. The highest BCUT2D eigenvalue weighted by atomic mass is 15.1. The summed E-state index contributed by atoms with van der Waals surface area (Å²) in [6.07, 6.45) is 0. The van der Waals surface area contributed by atoms with E-state index in [1.807, 2.05) is 0 Å². The van der Waals surface area contributed by atoms with Crippen molar-refractivity contribution in [2.75, 3.05) is 4.90 Å². The van der Waals surface area contributed by atoms with Gasteiger partial charge in [-0.15, -0.1) is 0 Å². The highest BCUT2D eigenvalue weighted by Crippen LogP contribution is 2.40. The lowest BCUT2D eigenvalue weighted by atomic mass is 9.96. The number of rotatable bonds is 7. The van der Waals surface area contributed by atoms with Gasteiger partial charge < -0.3 is 9.47 Å². The number of para-hydroxylation sites is 2. The Balaban J connectivity index is 0.981. The van der Waals surface area contributed by atoms with Crippen LogP contribution in [0.2, 0.25) is 0 Å². The minimum Gasteiger partial charge on any atom is -0.310 e. The Labute approximate surface area is 338 Å². The summed E-state index contributed by atoms with van der Waals surface area (Å²) in [7, 11) is 0. The average molecular weight is 739 g/mol. The fourth-order valence-corrected chi connectivity index (χ4v) is 8.71. The summed E-state index contributed by atoms with van der Waals surface area (Å²) in [5.74, 6) is 0. The zero-order valence-corrected chi connectivity index (χ0v) is 31.8. The maximum atomic E-state index is 2.37. The van der Waals surface area contributed by atoms with E-state index in [1.165, 1.54) is 76.7 Å². The van der Waals surface area contributed by atoms with Crippen LogP contribution in [0.15, 0.2) is 231 Å². The summed E-state index contributed by atoms with van der Waals surface area (Å²) in [6.45, 7) is 0. The van der Waals surface area contributed by atoms with Crippen molar-refractivity contribution in [2.24, 2.45) is 0 Å². The summed E-state index contributed by atoms with van der Waals surface area (Å²) in [5.41, 5.74) is 14.1. The Morgan fingerprint density at radius 1 is 0.276 bits per heavy atom. The summed E-state index contributed by atoms with van der Waals surface area (Å²) < 4.78 is 2.37. The van der Waals surface area contributed by atoms with Gasteiger partial charge >= 0.3 is 0 Å². The molecule has 0 amide bonds. The molecule has 10 aromatic carbocycles. The van der Waals surface area contributed by atoms with E-state index in [0.29, 0.717) is 0 Å². The second-order valence-electron chi connectivity index (χ2n) is 15.0. The van der Waals surface area contributed by atoms with Crippen LogP contribution < -0.4 is 4.90 Å². The van der Waals surface area contributed by atoms with E-state index in [9.17, 15) is 0 Å². The van der Waals surface area contributed by atoms with Gasteiger partial charge in [0, 0.05) is 33.5 Å². The van der Waals surface area contributed by atoms with Crippen LogP contribution in [0.5, 0.6) is 0 Å². The first kappa shape index (κ1) is 33.6. The number of nitrogens with zero attached hydrogens (tertiary/aromatic N) is 2. The van der Waals surface area contributed by atoms with Crippen molar-refractivity contribution in [1.82, 2.24) is 4.57 Å². The van der Waals surface area contributed by atoms with Crippen LogP contribution in [0.3, 0.4) is 0 Å². The molecule has 0 saturated heterocycles. The topological polar surface area (TPSA) is 8.17 Å². The van der Waals surface area contributed by atoms with Crippen LogP contribution >= 0.6 is 0 Å². The van der Waals surface area contributed by atoms with Gasteiger partial charge in [-0.3, -0.25) is 0 Å². The van der Waals surface area contributed by atoms with Crippen molar-refractivity contribution in [3.8, 4) is 39.1 Å². The molecule has 0 atom stereocenters. The van der Waals surface area contributed by atoms with Crippen molar-refractivity contribution in [3.05, 3.63) is 231 Å². The second-order valence-corrected chi connectivity index (χ2v) is 15.0. The van der Waals surface area contributed by atoms with Crippen molar-refractivity contribution in [1.29, 1.82) is 0 Å². The van der Waals surface area contributed by atoms with Gasteiger partial charge in [0.2, 0.25) is 0 Å². The molecule has 0 spiro atoms. The molecule has 0 radical (unpaired) electrons. The number of aromatic nitrogens is 1. The molecule has 0 bridgehead atoms. The molecule has 1 heterocycles. The van der Waals surface area contributed by atoms with Crippen molar-refractivity contribution in [2.45, 2.75) is 0 Å². The maximum absolute atomic E-state index is 2.37. The molecule has 11 aromatic rings. The van der Waals surface area contributed by atoms with Gasteiger partial charge in [0.1, 0.15) is 0 Å². The summed E-state index contributed by atoms with van der Waals surface area (Å²) in [6, 6.07) is 83.7. The third-order valence-corrected chi connectivity index (χ3v) is 11.6. The van der Waals surface area contributed by atoms with E-state index < -0.39 is 0 Å². The van der Waals surface area contributed by atoms with Crippen LogP contribution in [0.25, 0.3) is 82.4 Å². The van der Waals surface area contributed by atoms with E-state index in [-0.39, 0.29) is 0 Å². The molecule has 0 aliphatic carbocycles. The van der Waals surface area contributed by atoms with E-state index in [1.54, 1.807) is 0 Å². The predicted octanol–water partition coefficient (Wildman–Crippen LogP) is 15.6. The molecule has 272 valence electrons. The highest BCUT2D eigenvalue weighted by molar-refractivity contribution is 6.09. The summed E-state index contributed by atoms with van der Waals surface area (Å²) >= 11 is 0. The van der Waals surface area contributed by atoms with Crippen molar-refractivity contribution >= 4 is 60.4 Å². The molecule has 0 saturated carbocycles. The van der Waals surface area contributed by atoms with Gasteiger partial charge in [-0.2, -0.15) is 0 Å². The SMILES string of the molecule is c1cc(-c2ccc3ccccc3c2)cc(N(c2ccc(-c3ccc(-c4cccc5ccccc45)cc3)cc2)c2ccc(-n3c4ccccc4c4ccccc43)cc2)c1. The molecule has 58 heavy (non-hydrogen) atoms. The van der Waals surface area contributed by atoms with Gasteiger partial charge in [0.15, 0.2) is 0 Å². The molecule has 1 aromatic heterocycles. The van der Waals surface area contributed by atoms with Gasteiger partial charge in [-0.25, -0.2) is 0 Å². The van der Waals surface area contributed by atoms with Crippen LogP contribution in [-0.4, -0.2) is 4.57 Å². The number of anilines is 3. The monoisotopic (exact) mass is 738 g/mol. The first-order chi connectivity index (χ1) is 28.7. The molecule has 0 aliphatic rings. The molecular weight excluding hydrogens is 701 g/mol. The largest absolute Gasteiger partial charge is 0.310 e. The first-order valence-corrected chi connectivity index (χ1v) is 19.9. The molecule has 2 nitrogen and oxygen atoms in total. The van der Waals surface area contributed by atoms with Crippen molar-refractivity contribution < 1.29 is 0 Å². The highest BCUT2D eigenvalue weighted by Gasteiger charge is 2.17. The van der Waals surface area contributed by atoms with E-state index in [4.69, 9.17) is 0 Å². The third-order valence-electron chi connectivity index (χ3n) is 11.6. The van der Waals surface area contributed by atoms with Gasteiger partial charge in [-0.05, 0) is 122 Å². The molecule has 2 heteroatoms. The van der Waals surface area contributed by atoms with E-state index in [0.717, 1.165) is 22.7 Å². The van der Waals surface area contributed by atoms with Gasteiger partial charge in [-0.1, -0.05) is 164 Å². The maximum Gasteiger partial charge on any atom is 0.0541 e. The number of hydrogen-bond donors (Lipinski definition) is 0. The summed E-state index contributed by atoms with van der Waals surface area (Å²) in [5, 5.41) is 7.54. The van der Waals surface area contributed by atoms with E-state index >= 15 is 0 Å². The fourth-order valence-electron chi connectivity index (χ4n) is 8.71. The van der Waals surface area contributed by atoms with E-state index in [2.05, 4.69) is 240 Å². The molecule has 0 aliphatic heterocycles. The Morgan fingerprint density at radius 2 is 0.776 bits per heavy atom. The zero-order chi connectivity index (χ0) is 38.4. The number of hydrogen-bond acceptors (Lipinski definition) is 1. The van der Waals surface area contributed by atoms with Crippen LogP contribution in [0.4, 0.5) is 17.1 Å². The first-order valence-electron chi connectivity index (χ1n) is 19.9. The number of fused-ring (bicyclic) bond motifs is 5. The van der Waals surface area contributed by atoms with Gasteiger partial charge in [0.05, 0.1) is 11.0 Å². The lowest BCUT2D eigenvalue weighted by molar-refractivity contribution is 1.17. The minimum absolute atomic E-state index is 1.09. The second kappa shape index (κ2) is 14.1. The van der Waals surface area contributed by atoms with Gasteiger partial charge in [0.25, 0.3) is 0 Å². The lowest BCUT2D eigenvalue weighted by Crippen LogP contribution is -2.10. The predicted molar refractivity (Wildman–Crippen MR) is 247 cm³/mol. The molecular formula is C56H38N2. The quantitative estimate of drug-likeness (QED) is 0.158. The van der Waals surface area contributed by atoms with Crippen molar-refractivity contribution in [3.63, 3.8) is 0 Å². The Kier molecular flexibility index (Phi) is 8.19. The third kappa shape index (κ3) is 5.91. The molecule has 0 fully saturated rings. The molecule has 0 N–H and O–H groups in total. The fraction of sp³-hybridized carbons (Fsp3) is 0. The Bertz CT molecular complexity index is 3200. The standard InChI is InChI=1S/C56H38N2/c1-2-13-44-37-46(28-25-39(44)11-1)45-15-9-16-50(38-45)57(48-33-35-49(36-34-48)58-55-21-7-5-18-53(55)54-19-6-8-22-56(54)58)47-31-29-41(30-32-47)40-23-26-43(27-24-40)52-20-10-14-42-12-3-4-17-51(42)52/h1-38H. The zero-order valence-electron chi connectivity index (χ0n) is 31.8. The Hall–Kier alpha value is -7.68. The molecule has 0 unspecified atom stereocenters. The lowest BCUT2D eigenvalue weighted by Gasteiger charge is -2.26. The van der Waals surface area contributed by atoms with Crippen LogP contribution in [-0.2, 0) is 0 Å². The average Bonchev–Trinajstić information content (AvgIpc) is 3.64. The summed E-state index contributed by atoms with van der Waals surface area (Å²) in [4.78, 5) is 2.37. The normalized spacial score (nSPS) is 11.4. The van der Waals surface area contributed by atoms with Crippen LogP contribution in [0, 0.1) is 0 Å². The smallest absolute Gasteiger partial charge is 0.0541 e. The molecule has 11 rings (SSSR count).